The molecule has 0 N–H and O–H groups in total. The van der Waals surface area contributed by atoms with Crippen molar-refractivity contribution in [1.29, 1.82) is 0 Å². The molecular weight excluding hydrogens is 361 g/mol. The second-order valence-corrected chi connectivity index (χ2v) is 5.76. The van der Waals surface area contributed by atoms with Crippen molar-refractivity contribution < 1.29 is 0 Å². The Morgan fingerprint density at radius 2 is 1.70 bits per heavy atom. The molecule has 0 radical (unpaired) electrons. The number of hydrogen-bond donors (Lipinski definition) is 0. The van der Waals surface area contributed by atoms with Crippen molar-refractivity contribution in [2.45, 2.75) is 13.5 Å². The predicted octanol–water partition coefficient (Wildman–Crippen LogP) is 3.91. The van der Waals surface area contributed by atoms with Crippen LogP contribution < -0.4 is 0 Å². The largest absolute Gasteiger partial charge is 0.234 e. The Labute approximate surface area is 131 Å². The van der Waals surface area contributed by atoms with Crippen LogP contribution in [0, 0.1) is 10.6 Å². The van der Waals surface area contributed by atoms with Gasteiger partial charge in [-0.1, -0.05) is 65.4 Å². The van der Waals surface area contributed by atoms with Crippen molar-refractivity contribution in [3.05, 3.63) is 69.4 Å². The molecule has 0 bridgehead atoms. The molecule has 0 fully saturated rings. The van der Waals surface area contributed by atoms with Gasteiger partial charge in [0.1, 0.15) is 9.39 Å². The molecule has 3 nitrogen and oxygen atoms in total. The van der Waals surface area contributed by atoms with Crippen molar-refractivity contribution >= 4 is 22.6 Å². The summed E-state index contributed by atoms with van der Waals surface area (Å²) in [6.07, 6.45) is 0. The van der Waals surface area contributed by atoms with E-state index < -0.39 is 0 Å². The fourth-order valence-electron chi connectivity index (χ4n) is 2.05. The topological polar surface area (TPSA) is 30.7 Å². The maximum absolute atomic E-state index is 4.32. The summed E-state index contributed by atoms with van der Waals surface area (Å²) in [6, 6.07) is 18.7. The third-order valence-electron chi connectivity index (χ3n) is 3.17. The minimum absolute atomic E-state index is 0.748. The summed E-state index contributed by atoms with van der Waals surface area (Å²) in [6.45, 7) is 2.83. The monoisotopic (exact) mass is 375 g/mol. The lowest BCUT2D eigenvalue weighted by atomic mass is 10.1. The molecule has 0 unspecified atom stereocenters. The molecule has 20 heavy (non-hydrogen) atoms. The number of aromatic nitrogens is 3. The first-order valence-electron chi connectivity index (χ1n) is 6.44. The first-order valence-corrected chi connectivity index (χ1v) is 7.52. The highest BCUT2D eigenvalue weighted by Gasteiger charge is 2.12. The molecule has 100 valence electrons. The number of hydrogen-bond acceptors (Lipinski definition) is 2. The minimum Gasteiger partial charge on any atom is -0.234 e. The highest BCUT2D eigenvalue weighted by atomic mass is 127. The van der Waals surface area contributed by atoms with E-state index in [0.29, 0.717) is 0 Å². The van der Waals surface area contributed by atoms with Crippen molar-refractivity contribution in [3.8, 4) is 11.3 Å². The molecule has 1 heterocycles. The van der Waals surface area contributed by atoms with Gasteiger partial charge in [0, 0.05) is 5.56 Å². The Morgan fingerprint density at radius 1 is 1.00 bits per heavy atom. The van der Waals surface area contributed by atoms with Gasteiger partial charge in [-0.3, -0.25) is 0 Å². The van der Waals surface area contributed by atoms with E-state index in [2.05, 4.69) is 76.2 Å². The van der Waals surface area contributed by atoms with E-state index in [1.807, 2.05) is 22.9 Å². The lowest BCUT2D eigenvalue weighted by Crippen LogP contribution is -2.03. The molecule has 0 aliphatic heterocycles. The maximum atomic E-state index is 4.32. The Balaban J connectivity index is 1.91. The Bertz CT molecular complexity index is 702. The summed E-state index contributed by atoms with van der Waals surface area (Å²) < 4.78 is 3.00. The van der Waals surface area contributed by atoms with Crippen LogP contribution >= 0.6 is 22.6 Å². The zero-order valence-corrected chi connectivity index (χ0v) is 13.3. The minimum atomic E-state index is 0.748. The van der Waals surface area contributed by atoms with Gasteiger partial charge in [-0.05, 0) is 35.1 Å². The van der Waals surface area contributed by atoms with Crippen molar-refractivity contribution in [2.24, 2.45) is 0 Å². The first kappa shape index (κ1) is 13.3. The highest BCUT2D eigenvalue weighted by molar-refractivity contribution is 14.1. The quantitative estimate of drug-likeness (QED) is 0.650. The number of halogens is 1. The van der Waals surface area contributed by atoms with Gasteiger partial charge in [-0.15, -0.1) is 5.10 Å². The van der Waals surface area contributed by atoms with E-state index in [0.717, 1.165) is 21.5 Å². The molecular formula is C16H14IN3. The van der Waals surface area contributed by atoms with Gasteiger partial charge in [-0.2, -0.15) is 0 Å². The SMILES string of the molecule is Cc1ccc(-c2nnn(Cc3ccccc3)c2I)cc1. The first-order chi connectivity index (χ1) is 9.74. The van der Waals surface area contributed by atoms with E-state index in [9.17, 15) is 0 Å². The summed E-state index contributed by atoms with van der Waals surface area (Å²) in [4.78, 5) is 0. The standard InChI is InChI=1S/C16H14IN3/c1-12-7-9-14(10-8-12)15-16(17)20(19-18-15)11-13-5-3-2-4-6-13/h2-10H,11H2,1H3. The van der Waals surface area contributed by atoms with Crippen LogP contribution in [0.5, 0.6) is 0 Å². The zero-order chi connectivity index (χ0) is 13.9. The molecule has 0 saturated carbocycles. The average Bonchev–Trinajstić information content (AvgIpc) is 2.83. The molecule has 3 aromatic rings. The second kappa shape index (κ2) is 5.75. The zero-order valence-electron chi connectivity index (χ0n) is 11.1. The van der Waals surface area contributed by atoms with Crippen LogP contribution in [-0.4, -0.2) is 15.0 Å². The third-order valence-corrected chi connectivity index (χ3v) is 4.24. The normalized spacial score (nSPS) is 10.7. The molecule has 3 rings (SSSR count). The molecule has 0 aliphatic rings. The average molecular weight is 375 g/mol. The highest BCUT2D eigenvalue weighted by Crippen LogP contribution is 2.23. The number of benzene rings is 2. The molecule has 0 amide bonds. The van der Waals surface area contributed by atoms with Crippen LogP contribution in [-0.2, 0) is 6.54 Å². The van der Waals surface area contributed by atoms with Gasteiger partial charge in [0.15, 0.2) is 0 Å². The van der Waals surface area contributed by atoms with Gasteiger partial charge in [0.2, 0.25) is 0 Å². The Morgan fingerprint density at radius 3 is 2.40 bits per heavy atom. The Kier molecular flexibility index (Phi) is 3.82. The molecule has 2 aromatic carbocycles. The van der Waals surface area contributed by atoms with Crippen LogP contribution in [0.1, 0.15) is 11.1 Å². The van der Waals surface area contributed by atoms with Gasteiger partial charge in [0.25, 0.3) is 0 Å². The fourth-order valence-corrected chi connectivity index (χ4v) is 2.73. The molecule has 0 spiro atoms. The number of rotatable bonds is 3. The van der Waals surface area contributed by atoms with E-state index in [1.165, 1.54) is 11.1 Å². The summed E-state index contributed by atoms with van der Waals surface area (Å²) >= 11 is 2.31. The molecule has 0 saturated heterocycles. The predicted molar refractivity (Wildman–Crippen MR) is 88.5 cm³/mol. The molecule has 0 aliphatic carbocycles. The van der Waals surface area contributed by atoms with Crippen LogP contribution in [0.4, 0.5) is 0 Å². The smallest absolute Gasteiger partial charge is 0.127 e. The van der Waals surface area contributed by atoms with Gasteiger partial charge < -0.3 is 0 Å². The van der Waals surface area contributed by atoms with Crippen molar-refractivity contribution in [2.75, 3.05) is 0 Å². The second-order valence-electron chi connectivity index (χ2n) is 4.74. The number of aryl methyl sites for hydroxylation is 1. The summed E-state index contributed by atoms with van der Waals surface area (Å²) in [7, 11) is 0. The van der Waals surface area contributed by atoms with Gasteiger partial charge >= 0.3 is 0 Å². The summed E-state index contributed by atoms with van der Waals surface area (Å²) in [5.41, 5.74) is 4.53. The molecule has 0 atom stereocenters. The van der Waals surface area contributed by atoms with Crippen LogP contribution in [0.2, 0.25) is 0 Å². The van der Waals surface area contributed by atoms with E-state index >= 15 is 0 Å². The van der Waals surface area contributed by atoms with Crippen molar-refractivity contribution in [1.82, 2.24) is 15.0 Å². The maximum Gasteiger partial charge on any atom is 0.127 e. The van der Waals surface area contributed by atoms with E-state index in [-0.39, 0.29) is 0 Å². The summed E-state index contributed by atoms with van der Waals surface area (Å²) in [5, 5.41) is 8.59. The van der Waals surface area contributed by atoms with Crippen LogP contribution in [0.3, 0.4) is 0 Å². The van der Waals surface area contributed by atoms with Crippen LogP contribution in [0.25, 0.3) is 11.3 Å². The Hall–Kier alpha value is -1.69. The summed E-state index contributed by atoms with van der Waals surface area (Å²) in [5.74, 6) is 0. The third kappa shape index (κ3) is 2.75. The molecule has 4 heteroatoms. The van der Waals surface area contributed by atoms with Gasteiger partial charge in [0.05, 0.1) is 6.54 Å². The van der Waals surface area contributed by atoms with E-state index in [4.69, 9.17) is 0 Å². The van der Waals surface area contributed by atoms with E-state index in [1.54, 1.807) is 0 Å². The van der Waals surface area contributed by atoms with Crippen LogP contribution in [0.15, 0.2) is 54.6 Å². The van der Waals surface area contributed by atoms with Gasteiger partial charge in [-0.25, -0.2) is 4.68 Å². The lowest BCUT2D eigenvalue weighted by Gasteiger charge is -2.03. The number of nitrogens with zero attached hydrogens (tertiary/aromatic N) is 3. The van der Waals surface area contributed by atoms with Crippen molar-refractivity contribution in [3.63, 3.8) is 0 Å². The fraction of sp³-hybridized carbons (Fsp3) is 0.125. The lowest BCUT2D eigenvalue weighted by molar-refractivity contribution is 0.636. The molecule has 1 aromatic heterocycles.